The maximum absolute atomic E-state index is 9.10. The highest BCUT2D eigenvalue weighted by molar-refractivity contribution is 5.76. The van der Waals surface area contributed by atoms with Crippen LogP contribution in [0.4, 0.5) is 0 Å². The molecule has 0 spiro atoms. The molecule has 0 aliphatic heterocycles. The summed E-state index contributed by atoms with van der Waals surface area (Å²) in [6.45, 7) is 0.872. The number of imidazole rings is 1. The lowest BCUT2D eigenvalue weighted by Gasteiger charge is -2.04. The zero-order valence-corrected chi connectivity index (χ0v) is 9.95. The van der Waals surface area contributed by atoms with Crippen LogP contribution < -0.4 is 0 Å². The highest BCUT2D eigenvalue weighted by Gasteiger charge is 2.03. The maximum Gasteiger partial charge on any atom is 0.0961 e. The monoisotopic (exact) mass is 238 g/mol. The van der Waals surface area contributed by atoms with Gasteiger partial charge in [0.25, 0.3) is 0 Å². The van der Waals surface area contributed by atoms with Gasteiger partial charge in [-0.2, -0.15) is 0 Å². The van der Waals surface area contributed by atoms with Crippen LogP contribution in [-0.4, -0.2) is 14.7 Å². The Labute approximate surface area is 105 Å². The molecule has 1 heterocycles. The molecule has 0 radical (unpaired) electrons. The molecule has 2 aromatic carbocycles. The quantitative estimate of drug-likeness (QED) is 0.761. The summed E-state index contributed by atoms with van der Waals surface area (Å²) in [7, 11) is 0. The summed E-state index contributed by atoms with van der Waals surface area (Å²) in [5.74, 6) is 0. The molecule has 1 aromatic heterocycles. The van der Waals surface area contributed by atoms with Crippen LogP contribution in [0.25, 0.3) is 11.0 Å². The van der Waals surface area contributed by atoms with Crippen LogP contribution in [0.15, 0.2) is 54.9 Å². The van der Waals surface area contributed by atoms with Crippen LogP contribution in [0.3, 0.4) is 0 Å². The Morgan fingerprint density at radius 1 is 1.00 bits per heavy atom. The number of nitrogens with zero attached hydrogens (tertiary/aromatic N) is 2. The van der Waals surface area contributed by atoms with Gasteiger partial charge in [0.05, 0.1) is 24.0 Å². The average molecular weight is 238 g/mol. The number of hydrogen-bond donors (Lipinski definition) is 1. The van der Waals surface area contributed by atoms with Crippen LogP contribution in [0.1, 0.15) is 11.1 Å². The van der Waals surface area contributed by atoms with E-state index in [0.29, 0.717) is 0 Å². The van der Waals surface area contributed by atoms with E-state index in [-0.39, 0.29) is 6.61 Å². The van der Waals surface area contributed by atoms with Crippen molar-refractivity contribution in [3.63, 3.8) is 0 Å². The van der Waals surface area contributed by atoms with Crippen LogP contribution in [0, 0.1) is 0 Å². The Bertz CT molecular complexity index is 659. The fourth-order valence-electron chi connectivity index (χ4n) is 2.11. The molecule has 0 atom stereocenters. The summed E-state index contributed by atoms with van der Waals surface area (Å²) in [4.78, 5) is 4.38. The van der Waals surface area contributed by atoms with E-state index in [9.17, 15) is 0 Å². The first-order valence-corrected chi connectivity index (χ1v) is 5.95. The molecular formula is C15H14N2O. The largest absolute Gasteiger partial charge is 0.392 e. The predicted octanol–water partition coefficient (Wildman–Crippen LogP) is 2.58. The van der Waals surface area contributed by atoms with Crippen LogP contribution in [0.5, 0.6) is 0 Å². The van der Waals surface area contributed by atoms with Gasteiger partial charge in [0, 0.05) is 6.54 Å². The normalized spacial score (nSPS) is 10.9. The molecular weight excluding hydrogens is 224 g/mol. The van der Waals surface area contributed by atoms with E-state index in [1.165, 1.54) is 5.56 Å². The van der Waals surface area contributed by atoms with Crippen molar-refractivity contribution < 1.29 is 5.11 Å². The minimum absolute atomic E-state index is 0.0570. The van der Waals surface area contributed by atoms with Crippen molar-refractivity contribution in [3.05, 3.63) is 66.0 Å². The minimum atomic E-state index is 0.0570. The van der Waals surface area contributed by atoms with E-state index in [1.807, 2.05) is 42.7 Å². The van der Waals surface area contributed by atoms with Crippen molar-refractivity contribution in [1.82, 2.24) is 9.55 Å². The molecule has 3 aromatic rings. The summed E-state index contributed by atoms with van der Waals surface area (Å²) >= 11 is 0. The van der Waals surface area contributed by atoms with Gasteiger partial charge in [0.2, 0.25) is 0 Å². The molecule has 0 fully saturated rings. The second-order valence-electron chi connectivity index (χ2n) is 4.34. The lowest BCUT2D eigenvalue weighted by molar-refractivity contribution is 0.282. The zero-order chi connectivity index (χ0) is 12.4. The molecule has 0 unspecified atom stereocenters. The van der Waals surface area contributed by atoms with Gasteiger partial charge in [-0.25, -0.2) is 4.98 Å². The number of rotatable bonds is 3. The molecule has 90 valence electrons. The van der Waals surface area contributed by atoms with E-state index in [2.05, 4.69) is 21.7 Å². The first-order valence-electron chi connectivity index (χ1n) is 5.95. The zero-order valence-electron chi connectivity index (χ0n) is 9.95. The molecule has 0 saturated heterocycles. The lowest BCUT2D eigenvalue weighted by atomic mass is 10.2. The minimum Gasteiger partial charge on any atom is -0.392 e. The molecule has 1 N–H and O–H groups in total. The maximum atomic E-state index is 9.10. The van der Waals surface area contributed by atoms with Gasteiger partial charge in [0.15, 0.2) is 0 Å². The molecule has 3 rings (SSSR count). The van der Waals surface area contributed by atoms with Gasteiger partial charge in [-0.15, -0.1) is 0 Å². The lowest BCUT2D eigenvalue weighted by Crippen LogP contribution is -1.97. The average Bonchev–Trinajstić information content (AvgIpc) is 2.82. The number of hydrogen-bond acceptors (Lipinski definition) is 2. The molecule has 0 aliphatic rings. The summed E-state index contributed by atoms with van der Waals surface area (Å²) in [5.41, 5.74) is 4.17. The first kappa shape index (κ1) is 11.0. The highest BCUT2D eigenvalue weighted by atomic mass is 16.3. The van der Waals surface area contributed by atoms with E-state index in [1.54, 1.807) is 0 Å². The van der Waals surface area contributed by atoms with Gasteiger partial charge in [-0.1, -0.05) is 36.4 Å². The Hall–Kier alpha value is -2.13. The van der Waals surface area contributed by atoms with Gasteiger partial charge in [-0.05, 0) is 23.3 Å². The Morgan fingerprint density at radius 3 is 2.61 bits per heavy atom. The molecule has 18 heavy (non-hydrogen) atoms. The van der Waals surface area contributed by atoms with Gasteiger partial charge >= 0.3 is 0 Å². The Balaban J connectivity index is 1.98. The predicted molar refractivity (Wildman–Crippen MR) is 71.2 cm³/mol. The number of aliphatic hydroxyl groups is 1. The van der Waals surface area contributed by atoms with E-state index >= 15 is 0 Å². The molecule has 0 saturated carbocycles. The summed E-state index contributed by atoms with van der Waals surface area (Å²) in [6.07, 6.45) is 1.85. The number of aliphatic hydroxyl groups excluding tert-OH is 1. The summed E-state index contributed by atoms with van der Waals surface area (Å²) < 4.78 is 2.12. The van der Waals surface area contributed by atoms with Gasteiger partial charge in [-0.3, -0.25) is 0 Å². The third kappa shape index (κ3) is 2.00. The SMILES string of the molecule is OCc1ccc2c(c1)ncn2Cc1ccccc1. The van der Waals surface area contributed by atoms with E-state index < -0.39 is 0 Å². The van der Waals surface area contributed by atoms with Gasteiger partial charge in [0.1, 0.15) is 0 Å². The third-order valence-corrected chi connectivity index (χ3v) is 3.06. The first-order chi connectivity index (χ1) is 8.86. The second kappa shape index (κ2) is 4.63. The second-order valence-corrected chi connectivity index (χ2v) is 4.34. The van der Waals surface area contributed by atoms with E-state index in [0.717, 1.165) is 23.1 Å². The van der Waals surface area contributed by atoms with Crippen molar-refractivity contribution in [2.45, 2.75) is 13.2 Å². The number of benzene rings is 2. The van der Waals surface area contributed by atoms with Crippen molar-refractivity contribution >= 4 is 11.0 Å². The molecule has 3 heteroatoms. The fourth-order valence-corrected chi connectivity index (χ4v) is 2.11. The van der Waals surface area contributed by atoms with E-state index in [4.69, 9.17) is 5.11 Å². The third-order valence-electron chi connectivity index (χ3n) is 3.06. The van der Waals surface area contributed by atoms with Crippen molar-refractivity contribution in [1.29, 1.82) is 0 Å². The number of fused-ring (bicyclic) bond motifs is 1. The smallest absolute Gasteiger partial charge is 0.0961 e. The van der Waals surface area contributed by atoms with Crippen molar-refractivity contribution in [2.24, 2.45) is 0 Å². The van der Waals surface area contributed by atoms with Gasteiger partial charge < -0.3 is 9.67 Å². The fraction of sp³-hybridized carbons (Fsp3) is 0.133. The van der Waals surface area contributed by atoms with Crippen molar-refractivity contribution in [3.8, 4) is 0 Å². The summed E-state index contributed by atoms with van der Waals surface area (Å²) in [6, 6.07) is 16.2. The topological polar surface area (TPSA) is 38.1 Å². The Kier molecular flexibility index (Phi) is 2.82. The molecule has 0 amide bonds. The number of aromatic nitrogens is 2. The highest BCUT2D eigenvalue weighted by Crippen LogP contribution is 2.16. The molecule has 0 aliphatic carbocycles. The standard InChI is InChI=1S/C15H14N2O/c18-10-13-6-7-15-14(8-13)16-11-17(15)9-12-4-2-1-3-5-12/h1-8,11,18H,9-10H2. The van der Waals surface area contributed by atoms with Crippen LogP contribution >= 0.6 is 0 Å². The summed E-state index contributed by atoms with van der Waals surface area (Å²) in [5, 5.41) is 9.10. The molecule has 0 bridgehead atoms. The van der Waals surface area contributed by atoms with Crippen LogP contribution in [0.2, 0.25) is 0 Å². The van der Waals surface area contributed by atoms with Crippen LogP contribution in [-0.2, 0) is 13.2 Å². The van der Waals surface area contributed by atoms with Crippen molar-refractivity contribution in [2.75, 3.05) is 0 Å². The molecule has 3 nitrogen and oxygen atoms in total. The Morgan fingerprint density at radius 2 is 1.83 bits per heavy atom.